The summed E-state index contributed by atoms with van der Waals surface area (Å²) in [5.74, 6) is 0.175. The largest absolute Gasteiger partial charge is 0.391 e. The molecule has 1 aliphatic carbocycles. The normalized spacial score (nSPS) is 26.7. The minimum Gasteiger partial charge on any atom is -0.383 e. The molecule has 0 aromatic carbocycles. The van der Waals surface area contributed by atoms with Crippen molar-refractivity contribution in [3.05, 3.63) is 0 Å². The topological polar surface area (TPSA) is 48.9 Å². The number of guanidine groups is 1. The fourth-order valence-electron chi connectivity index (χ4n) is 3.83. The van der Waals surface area contributed by atoms with Crippen LogP contribution in [0.1, 0.15) is 38.5 Å². The molecule has 0 aromatic heterocycles. The van der Waals surface area contributed by atoms with Gasteiger partial charge in [0.2, 0.25) is 0 Å². The molecule has 0 atom stereocenters. The number of methoxy groups -OCH3 is 1. The van der Waals surface area contributed by atoms with Gasteiger partial charge in [-0.1, -0.05) is 0 Å². The van der Waals surface area contributed by atoms with Crippen molar-refractivity contribution in [2.24, 2.45) is 16.8 Å². The van der Waals surface area contributed by atoms with E-state index in [2.05, 4.69) is 20.5 Å². The Morgan fingerprint density at radius 3 is 2.31 bits per heavy atom. The Labute approximate surface area is 154 Å². The van der Waals surface area contributed by atoms with Crippen LogP contribution in [-0.2, 0) is 4.74 Å². The van der Waals surface area contributed by atoms with E-state index >= 15 is 0 Å². The summed E-state index contributed by atoms with van der Waals surface area (Å²) in [6, 6.07) is 0.0793. The third kappa shape index (κ3) is 6.95. The Kier molecular flexibility index (Phi) is 8.47. The summed E-state index contributed by atoms with van der Waals surface area (Å²) >= 11 is 0. The molecule has 1 saturated carbocycles. The lowest BCUT2D eigenvalue weighted by molar-refractivity contribution is -0.182. The number of aliphatic imine (C=N–C) groups is 1. The predicted octanol–water partition coefficient (Wildman–Crippen LogP) is 2.63. The van der Waals surface area contributed by atoms with Crippen LogP contribution >= 0.6 is 0 Å². The van der Waals surface area contributed by atoms with Crippen molar-refractivity contribution in [3.63, 3.8) is 0 Å². The van der Waals surface area contributed by atoms with E-state index in [1.807, 2.05) is 0 Å². The highest BCUT2D eigenvalue weighted by atomic mass is 19.4. The number of nitrogens with one attached hydrogen (secondary N) is 2. The van der Waals surface area contributed by atoms with Crippen molar-refractivity contribution in [2.45, 2.75) is 50.7 Å². The smallest absolute Gasteiger partial charge is 0.383 e. The van der Waals surface area contributed by atoms with Gasteiger partial charge >= 0.3 is 6.18 Å². The van der Waals surface area contributed by atoms with Gasteiger partial charge in [0.1, 0.15) is 0 Å². The Bertz CT molecular complexity index is 429. The number of hydrogen-bond acceptors (Lipinski definition) is 3. The number of piperidine rings is 1. The molecular formula is C18H33F3N4O. The molecule has 26 heavy (non-hydrogen) atoms. The average Bonchev–Trinajstić information content (AvgIpc) is 2.64. The van der Waals surface area contributed by atoms with E-state index in [-0.39, 0.29) is 18.9 Å². The summed E-state index contributed by atoms with van der Waals surface area (Å²) in [5.41, 5.74) is 0. The molecule has 0 amide bonds. The maximum Gasteiger partial charge on any atom is 0.391 e. The van der Waals surface area contributed by atoms with Gasteiger partial charge in [-0.3, -0.25) is 4.99 Å². The van der Waals surface area contributed by atoms with Gasteiger partial charge < -0.3 is 20.3 Å². The van der Waals surface area contributed by atoms with Crippen molar-refractivity contribution in [3.8, 4) is 0 Å². The SMILES string of the molecule is CN=C(NCC1CCN(CCOC)CC1)NC1CCC(C(F)(F)F)CC1. The molecule has 0 spiro atoms. The van der Waals surface area contributed by atoms with Crippen molar-refractivity contribution >= 4 is 5.96 Å². The zero-order valence-corrected chi connectivity index (χ0v) is 15.9. The van der Waals surface area contributed by atoms with Crippen LogP contribution in [0.25, 0.3) is 0 Å². The van der Waals surface area contributed by atoms with E-state index < -0.39 is 12.1 Å². The highest BCUT2D eigenvalue weighted by molar-refractivity contribution is 5.79. The molecule has 0 unspecified atom stereocenters. The Hall–Kier alpha value is -1.02. The number of ether oxygens (including phenoxy) is 1. The Morgan fingerprint density at radius 2 is 1.77 bits per heavy atom. The van der Waals surface area contributed by atoms with Crippen LogP contribution in [0.15, 0.2) is 4.99 Å². The molecule has 0 bridgehead atoms. The highest BCUT2D eigenvalue weighted by Crippen LogP contribution is 2.37. The summed E-state index contributed by atoms with van der Waals surface area (Å²) in [4.78, 5) is 6.66. The summed E-state index contributed by atoms with van der Waals surface area (Å²) in [6.45, 7) is 4.79. The molecule has 2 aliphatic rings. The van der Waals surface area contributed by atoms with Crippen molar-refractivity contribution < 1.29 is 17.9 Å². The van der Waals surface area contributed by atoms with Gasteiger partial charge in [-0.05, 0) is 57.5 Å². The monoisotopic (exact) mass is 378 g/mol. The molecule has 1 heterocycles. The van der Waals surface area contributed by atoms with Crippen LogP contribution in [0.5, 0.6) is 0 Å². The minimum absolute atomic E-state index is 0.0793. The van der Waals surface area contributed by atoms with E-state index in [1.165, 1.54) is 0 Å². The Morgan fingerprint density at radius 1 is 1.12 bits per heavy atom. The summed E-state index contributed by atoms with van der Waals surface area (Å²) < 4.78 is 43.4. The van der Waals surface area contributed by atoms with E-state index in [1.54, 1.807) is 14.2 Å². The fraction of sp³-hybridized carbons (Fsp3) is 0.944. The second-order valence-corrected chi connectivity index (χ2v) is 7.47. The molecule has 2 N–H and O–H groups in total. The van der Waals surface area contributed by atoms with Gasteiger partial charge in [-0.2, -0.15) is 13.2 Å². The van der Waals surface area contributed by atoms with Crippen LogP contribution in [0.2, 0.25) is 0 Å². The van der Waals surface area contributed by atoms with Gasteiger partial charge in [0.25, 0.3) is 0 Å². The van der Waals surface area contributed by atoms with E-state index in [9.17, 15) is 13.2 Å². The molecule has 8 heteroatoms. The van der Waals surface area contributed by atoms with Gasteiger partial charge in [-0.15, -0.1) is 0 Å². The standard InChI is InChI=1S/C18H33F3N4O/c1-22-17(24-16-5-3-15(4-6-16)18(19,20)21)23-13-14-7-9-25(10-8-14)11-12-26-2/h14-16H,3-13H2,1-2H3,(H2,22,23,24). The van der Waals surface area contributed by atoms with E-state index in [0.717, 1.165) is 45.6 Å². The van der Waals surface area contributed by atoms with Crippen LogP contribution in [0.4, 0.5) is 13.2 Å². The third-order valence-corrected chi connectivity index (χ3v) is 5.63. The number of halogens is 3. The summed E-state index contributed by atoms with van der Waals surface area (Å²) in [5, 5.41) is 6.66. The molecular weight excluding hydrogens is 345 g/mol. The maximum atomic E-state index is 12.8. The number of hydrogen-bond donors (Lipinski definition) is 2. The van der Waals surface area contributed by atoms with Crippen molar-refractivity contribution in [1.29, 1.82) is 0 Å². The average molecular weight is 378 g/mol. The Balaban J connectivity index is 1.65. The van der Waals surface area contributed by atoms with Gasteiger partial charge in [0, 0.05) is 33.3 Å². The molecule has 0 radical (unpaired) electrons. The molecule has 152 valence electrons. The first kappa shape index (κ1) is 21.3. The lowest BCUT2D eigenvalue weighted by Gasteiger charge is -2.33. The first-order valence-corrected chi connectivity index (χ1v) is 9.67. The number of rotatable bonds is 6. The third-order valence-electron chi connectivity index (χ3n) is 5.63. The van der Waals surface area contributed by atoms with Crippen LogP contribution in [-0.4, -0.2) is 70.0 Å². The van der Waals surface area contributed by atoms with Crippen LogP contribution < -0.4 is 10.6 Å². The molecule has 0 aromatic rings. The van der Waals surface area contributed by atoms with E-state index in [0.29, 0.717) is 24.7 Å². The number of nitrogens with zero attached hydrogens (tertiary/aromatic N) is 2. The van der Waals surface area contributed by atoms with Gasteiger partial charge in [-0.25, -0.2) is 0 Å². The predicted molar refractivity (Wildman–Crippen MR) is 97.3 cm³/mol. The zero-order valence-electron chi connectivity index (χ0n) is 15.9. The lowest BCUT2D eigenvalue weighted by Crippen LogP contribution is -2.47. The second kappa shape index (κ2) is 10.3. The molecule has 2 fully saturated rings. The fourth-order valence-corrected chi connectivity index (χ4v) is 3.83. The maximum absolute atomic E-state index is 12.8. The summed E-state index contributed by atoms with van der Waals surface area (Å²) in [6.07, 6.45) is -0.264. The van der Waals surface area contributed by atoms with Gasteiger partial charge in [0.05, 0.1) is 12.5 Å². The molecule has 2 rings (SSSR count). The van der Waals surface area contributed by atoms with Crippen molar-refractivity contribution in [1.82, 2.24) is 15.5 Å². The van der Waals surface area contributed by atoms with Gasteiger partial charge in [0.15, 0.2) is 5.96 Å². The van der Waals surface area contributed by atoms with Crippen molar-refractivity contribution in [2.75, 3.05) is 46.9 Å². The number of alkyl halides is 3. The van der Waals surface area contributed by atoms with Crippen LogP contribution in [0, 0.1) is 11.8 Å². The first-order chi connectivity index (χ1) is 12.4. The molecule has 1 aliphatic heterocycles. The first-order valence-electron chi connectivity index (χ1n) is 9.67. The second-order valence-electron chi connectivity index (χ2n) is 7.47. The number of likely N-dealkylation sites (tertiary alicyclic amines) is 1. The molecule has 1 saturated heterocycles. The quantitative estimate of drug-likeness (QED) is 0.551. The van der Waals surface area contributed by atoms with E-state index in [4.69, 9.17) is 4.74 Å². The highest BCUT2D eigenvalue weighted by Gasteiger charge is 2.41. The summed E-state index contributed by atoms with van der Waals surface area (Å²) in [7, 11) is 3.44. The molecule has 5 nitrogen and oxygen atoms in total. The van der Waals surface area contributed by atoms with Crippen LogP contribution in [0.3, 0.4) is 0 Å². The zero-order chi connectivity index (χ0) is 19.0. The minimum atomic E-state index is -4.05. The lowest BCUT2D eigenvalue weighted by atomic mass is 9.85.